The minimum atomic E-state index is -0.182. The topological polar surface area (TPSA) is 106 Å². The summed E-state index contributed by atoms with van der Waals surface area (Å²) in [5.41, 5.74) is 11.7. The highest BCUT2D eigenvalue weighted by Gasteiger charge is 2.22. The summed E-state index contributed by atoms with van der Waals surface area (Å²) in [5.74, 6) is 0.771. The lowest BCUT2D eigenvalue weighted by Crippen LogP contribution is -2.08. The number of hydrogen-bond acceptors (Lipinski definition) is 6. The standard InChI is InChI=1S/C22H18ClN7/c1-11(21-29-20(24)19-22(30-21)27-10-26-19)15-9-13-5-3-7-16(23)17(13)28-18(15)14-6-4-8-25-12(14)2/h3-11H,1-2H3,(H3,24,26,27,29,30)/t11-/m0/s1. The maximum Gasteiger partial charge on any atom is 0.183 e. The quantitative estimate of drug-likeness (QED) is 0.444. The van der Waals surface area contributed by atoms with Gasteiger partial charge in [-0.05, 0) is 36.8 Å². The van der Waals surface area contributed by atoms with Crippen LogP contribution in [-0.4, -0.2) is 29.9 Å². The van der Waals surface area contributed by atoms with Crippen LogP contribution in [0, 0.1) is 6.92 Å². The van der Waals surface area contributed by atoms with Crippen LogP contribution in [0.1, 0.15) is 29.9 Å². The number of rotatable bonds is 3. The summed E-state index contributed by atoms with van der Waals surface area (Å²) in [6.45, 7) is 4.00. The SMILES string of the molecule is Cc1ncccc1-c1nc2c(Cl)cccc2cc1[C@H](C)c1nc(N)c2[nH]cnc2n1. The first-order valence-corrected chi connectivity index (χ1v) is 9.88. The summed E-state index contributed by atoms with van der Waals surface area (Å²) in [6, 6.07) is 11.8. The van der Waals surface area contributed by atoms with Gasteiger partial charge in [-0.3, -0.25) is 4.98 Å². The van der Waals surface area contributed by atoms with Gasteiger partial charge >= 0.3 is 0 Å². The van der Waals surface area contributed by atoms with Gasteiger partial charge in [0.05, 0.1) is 22.6 Å². The van der Waals surface area contributed by atoms with Crippen LogP contribution >= 0.6 is 11.6 Å². The lowest BCUT2D eigenvalue weighted by atomic mass is 9.93. The molecule has 5 aromatic rings. The van der Waals surface area contributed by atoms with Crippen molar-refractivity contribution in [2.75, 3.05) is 5.73 Å². The Morgan fingerprint density at radius 3 is 2.77 bits per heavy atom. The maximum absolute atomic E-state index is 6.45. The molecular weight excluding hydrogens is 398 g/mol. The minimum Gasteiger partial charge on any atom is -0.382 e. The zero-order valence-corrected chi connectivity index (χ0v) is 17.1. The number of hydrogen-bond donors (Lipinski definition) is 2. The Labute approximate surface area is 177 Å². The molecule has 0 saturated heterocycles. The molecule has 3 N–H and O–H groups in total. The van der Waals surface area contributed by atoms with Gasteiger partial charge in [-0.15, -0.1) is 0 Å². The molecule has 0 amide bonds. The molecule has 0 aliphatic carbocycles. The van der Waals surface area contributed by atoms with Gasteiger partial charge in [0.25, 0.3) is 0 Å². The fourth-order valence-corrected chi connectivity index (χ4v) is 3.89. The van der Waals surface area contributed by atoms with E-state index in [1.807, 2.05) is 44.2 Å². The minimum absolute atomic E-state index is 0.182. The number of anilines is 1. The molecule has 0 bridgehead atoms. The average molecular weight is 416 g/mol. The summed E-state index contributed by atoms with van der Waals surface area (Å²) in [5, 5.41) is 1.55. The molecule has 1 aromatic carbocycles. The van der Waals surface area contributed by atoms with Crippen LogP contribution in [-0.2, 0) is 0 Å². The molecule has 1 atom stereocenters. The Hall–Kier alpha value is -3.58. The number of nitrogens with one attached hydrogen (secondary N) is 1. The second-order valence-electron chi connectivity index (χ2n) is 7.16. The Balaban J connectivity index is 1.78. The molecule has 0 aliphatic rings. The van der Waals surface area contributed by atoms with Gasteiger partial charge in [0.15, 0.2) is 11.5 Å². The number of para-hydroxylation sites is 1. The number of imidazole rings is 1. The third kappa shape index (κ3) is 2.95. The molecular formula is C22H18ClN7. The van der Waals surface area contributed by atoms with Crippen LogP contribution < -0.4 is 5.73 Å². The third-order valence-electron chi connectivity index (χ3n) is 5.27. The molecule has 0 unspecified atom stereocenters. The van der Waals surface area contributed by atoms with Gasteiger partial charge < -0.3 is 10.7 Å². The summed E-state index contributed by atoms with van der Waals surface area (Å²) < 4.78 is 0. The second kappa shape index (κ2) is 7.03. The Bertz CT molecular complexity index is 1410. The van der Waals surface area contributed by atoms with Gasteiger partial charge in [0, 0.05) is 28.8 Å². The van der Waals surface area contributed by atoms with Crippen molar-refractivity contribution in [1.29, 1.82) is 0 Å². The highest BCUT2D eigenvalue weighted by molar-refractivity contribution is 6.35. The Morgan fingerprint density at radius 2 is 1.93 bits per heavy atom. The smallest absolute Gasteiger partial charge is 0.183 e. The molecule has 4 heterocycles. The molecule has 148 valence electrons. The normalized spacial score (nSPS) is 12.5. The van der Waals surface area contributed by atoms with Gasteiger partial charge in [-0.2, -0.15) is 0 Å². The van der Waals surface area contributed by atoms with Crippen molar-refractivity contribution < 1.29 is 0 Å². The maximum atomic E-state index is 6.45. The van der Waals surface area contributed by atoms with E-state index in [1.165, 1.54) is 0 Å². The van der Waals surface area contributed by atoms with Gasteiger partial charge in [-0.1, -0.05) is 30.7 Å². The molecule has 0 spiro atoms. The largest absolute Gasteiger partial charge is 0.382 e. The highest BCUT2D eigenvalue weighted by Crippen LogP contribution is 2.36. The number of aromatic amines is 1. The molecule has 0 radical (unpaired) electrons. The molecule has 0 fully saturated rings. The van der Waals surface area contributed by atoms with E-state index in [-0.39, 0.29) is 5.92 Å². The van der Waals surface area contributed by atoms with Crippen LogP contribution in [0.5, 0.6) is 0 Å². The van der Waals surface area contributed by atoms with Crippen molar-refractivity contribution in [1.82, 2.24) is 29.9 Å². The zero-order valence-electron chi connectivity index (χ0n) is 16.4. The van der Waals surface area contributed by atoms with Crippen molar-refractivity contribution in [3.63, 3.8) is 0 Å². The summed E-state index contributed by atoms with van der Waals surface area (Å²) in [7, 11) is 0. The summed E-state index contributed by atoms with van der Waals surface area (Å²) >= 11 is 6.45. The van der Waals surface area contributed by atoms with Crippen LogP contribution in [0.3, 0.4) is 0 Å². The molecule has 30 heavy (non-hydrogen) atoms. The van der Waals surface area contributed by atoms with E-state index in [0.717, 1.165) is 33.4 Å². The van der Waals surface area contributed by atoms with Crippen molar-refractivity contribution in [2.45, 2.75) is 19.8 Å². The summed E-state index contributed by atoms with van der Waals surface area (Å²) in [6.07, 6.45) is 3.33. The van der Waals surface area contributed by atoms with E-state index in [9.17, 15) is 0 Å². The number of H-pyrrole nitrogens is 1. The van der Waals surface area contributed by atoms with Crippen molar-refractivity contribution in [3.05, 3.63) is 71.0 Å². The Kier molecular flexibility index (Phi) is 4.33. The van der Waals surface area contributed by atoms with Crippen molar-refractivity contribution in [3.8, 4) is 11.3 Å². The van der Waals surface area contributed by atoms with E-state index >= 15 is 0 Å². The number of nitrogens with zero attached hydrogens (tertiary/aromatic N) is 5. The van der Waals surface area contributed by atoms with E-state index in [2.05, 4.69) is 31.0 Å². The number of nitrogen functional groups attached to an aromatic ring is 1. The number of fused-ring (bicyclic) bond motifs is 2. The molecule has 7 nitrogen and oxygen atoms in total. The molecule has 5 rings (SSSR count). The first kappa shape index (κ1) is 18.4. The van der Waals surface area contributed by atoms with Gasteiger partial charge in [0.1, 0.15) is 11.3 Å². The third-order valence-corrected chi connectivity index (χ3v) is 5.58. The van der Waals surface area contributed by atoms with Crippen LogP contribution in [0.2, 0.25) is 5.02 Å². The number of aryl methyl sites for hydroxylation is 1. The average Bonchev–Trinajstić information content (AvgIpc) is 3.23. The number of nitrogens with two attached hydrogens (primary N) is 1. The predicted octanol–water partition coefficient (Wildman–Crippen LogP) is 4.66. The van der Waals surface area contributed by atoms with Gasteiger partial charge in [0.2, 0.25) is 0 Å². The second-order valence-corrected chi connectivity index (χ2v) is 7.57. The van der Waals surface area contributed by atoms with E-state index < -0.39 is 0 Å². The molecule has 0 saturated carbocycles. The zero-order chi connectivity index (χ0) is 20.8. The number of aromatic nitrogens is 6. The van der Waals surface area contributed by atoms with Gasteiger partial charge in [-0.25, -0.2) is 19.9 Å². The van der Waals surface area contributed by atoms with Crippen molar-refractivity contribution >= 4 is 39.5 Å². The van der Waals surface area contributed by atoms with E-state index in [1.54, 1.807) is 12.5 Å². The molecule has 0 aliphatic heterocycles. The fourth-order valence-electron chi connectivity index (χ4n) is 3.66. The van der Waals surface area contributed by atoms with E-state index in [4.69, 9.17) is 22.3 Å². The number of benzene rings is 1. The fraction of sp³-hybridized carbons (Fsp3) is 0.136. The van der Waals surface area contributed by atoms with Crippen LogP contribution in [0.25, 0.3) is 33.3 Å². The summed E-state index contributed by atoms with van der Waals surface area (Å²) in [4.78, 5) is 25.8. The lowest BCUT2D eigenvalue weighted by Gasteiger charge is -2.18. The number of pyridine rings is 2. The van der Waals surface area contributed by atoms with Crippen molar-refractivity contribution in [2.24, 2.45) is 0 Å². The number of halogens is 1. The molecule has 8 heteroatoms. The van der Waals surface area contributed by atoms with Crippen LogP contribution in [0.4, 0.5) is 5.82 Å². The van der Waals surface area contributed by atoms with Crippen LogP contribution in [0.15, 0.2) is 48.9 Å². The van der Waals surface area contributed by atoms with E-state index in [0.29, 0.717) is 27.8 Å². The monoisotopic (exact) mass is 415 g/mol. The Morgan fingerprint density at radius 1 is 1.07 bits per heavy atom. The first-order chi connectivity index (χ1) is 14.5. The highest BCUT2D eigenvalue weighted by atomic mass is 35.5. The first-order valence-electron chi connectivity index (χ1n) is 9.50. The predicted molar refractivity (Wildman–Crippen MR) is 118 cm³/mol. The molecule has 4 aromatic heterocycles. The lowest BCUT2D eigenvalue weighted by molar-refractivity contribution is 0.825.